The van der Waals surface area contributed by atoms with Gasteiger partial charge in [-0.2, -0.15) is 4.99 Å². The van der Waals surface area contributed by atoms with E-state index < -0.39 is 0 Å². The van der Waals surface area contributed by atoms with Crippen LogP contribution in [0.15, 0.2) is 22.1 Å². The predicted molar refractivity (Wildman–Crippen MR) is 75.8 cm³/mol. The number of ether oxygens (including phenoxy) is 1. The fraction of sp³-hybridized carbons (Fsp3) is 0.200. The van der Waals surface area contributed by atoms with Gasteiger partial charge in [0.05, 0.1) is 17.2 Å². The van der Waals surface area contributed by atoms with Crippen molar-refractivity contribution in [3.63, 3.8) is 0 Å². The molecule has 1 aromatic carbocycles. The average molecular weight is 290 g/mol. The molecule has 0 aliphatic heterocycles. The molecule has 8 heteroatoms. The van der Waals surface area contributed by atoms with Gasteiger partial charge in [-0.3, -0.25) is 4.99 Å². The summed E-state index contributed by atoms with van der Waals surface area (Å²) >= 11 is 11.9. The van der Waals surface area contributed by atoms with Gasteiger partial charge in [-0.05, 0) is 12.1 Å². The molecule has 0 unspecified atom stereocenters. The molecule has 0 aliphatic rings. The van der Waals surface area contributed by atoms with Crippen LogP contribution in [0.25, 0.3) is 0 Å². The molecule has 0 saturated carbocycles. The van der Waals surface area contributed by atoms with Crippen LogP contribution in [0.1, 0.15) is 0 Å². The maximum absolute atomic E-state index is 5.97. The van der Waals surface area contributed by atoms with Gasteiger partial charge in [-0.15, -0.1) is 0 Å². The molecule has 1 rings (SSSR count). The summed E-state index contributed by atoms with van der Waals surface area (Å²) in [4.78, 5) is 7.43. The molecule has 0 spiro atoms. The number of methoxy groups -OCH3 is 1. The summed E-state index contributed by atoms with van der Waals surface area (Å²) in [5.41, 5.74) is 11.6. The van der Waals surface area contributed by atoms with Crippen LogP contribution >= 0.6 is 23.2 Å². The molecular formula is C10H13Cl2N5O. The van der Waals surface area contributed by atoms with E-state index in [1.807, 2.05) is 0 Å². The Bertz CT molecular complexity index is 478. The van der Waals surface area contributed by atoms with Crippen molar-refractivity contribution in [1.29, 1.82) is 0 Å². The Morgan fingerprint density at radius 1 is 1.28 bits per heavy atom. The quantitative estimate of drug-likeness (QED) is 0.570. The third-order valence-corrected chi connectivity index (χ3v) is 2.50. The zero-order valence-electron chi connectivity index (χ0n) is 9.87. The van der Waals surface area contributed by atoms with Crippen molar-refractivity contribution in [2.75, 3.05) is 19.5 Å². The van der Waals surface area contributed by atoms with Gasteiger partial charge < -0.3 is 21.5 Å². The van der Waals surface area contributed by atoms with Gasteiger partial charge in [0.1, 0.15) is 0 Å². The van der Waals surface area contributed by atoms with Crippen molar-refractivity contribution in [2.45, 2.75) is 0 Å². The maximum atomic E-state index is 5.97. The van der Waals surface area contributed by atoms with Gasteiger partial charge in [0.2, 0.25) is 11.9 Å². The Hall–Kier alpha value is -1.66. The number of nitrogens with zero attached hydrogens (tertiary/aromatic N) is 2. The van der Waals surface area contributed by atoms with Crippen molar-refractivity contribution in [2.24, 2.45) is 21.5 Å². The second-order valence-electron chi connectivity index (χ2n) is 3.18. The van der Waals surface area contributed by atoms with Gasteiger partial charge in [0.25, 0.3) is 0 Å². The highest BCUT2D eigenvalue weighted by Gasteiger charge is 2.09. The number of benzene rings is 1. The molecule has 0 aromatic heterocycles. The molecule has 0 bridgehead atoms. The number of hydrogen-bond acceptors (Lipinski definition) is 2. The van der Waals surface area contributed by atoms with Gasteiger partial charge in [-0.25, -0.2) is 0 Å². The molecule has 0 saturated heterocycles. The van der Waals surface area contributed by atoms with Crippen molar-refractivity contribution in [3.05, 3.63) is 22.2 Å². The Morgan fingerprint density at radius 3 is 2.28 bits per heavy atom. The van der Waals surface area contributed by atoms with Crippen molar-refractivity contribution >= 4 is 40.8 Å². The SMILES string of the molecule is CN=C(N)N=C(N)Nc1cc(Cl)c(OC)c(Cl)c1. The Balaban J connectivity index is 2.96. The topological polar surface area (TPSA) is 98.0 Å². The van der Waals surface area contributed by atoms with Crippen LogP contribution in [-0.2, 0) is 0 Å². The molecule has 0 radical (unpaired) electrons. The summed E-state index contributed by atoms with van der Waals surface area (Å²) in [6.45, 7) is 0. The van der Waals surface area contributed by atoms with E-state index in [0.29, 0.717) is 21.5 Å². The van der Waals surface area contributed by atoms with Crippen LogP contribution in [-0.4, -0.2) is 26.1 Å². The number of nitrogens with two attached hydrogens (primary N) is 2. The van der Waals surface area contributed by atoms with Crippen molar-refractivity contribution in [1.82, 2.24) is 0 Å². The van der Waals surface area contributed by atoms with Crippen molar-refractivity contribution < 1.29 is 4.74 Å². The highest BCUT2D eigenvalue weighted by molar-refractivity contribution is 6.37. The monoisotopic (exact) mass is 289 g/mol. The lowest BCUT2D eigenvalue weighted by Gasteiger charge is -2.10. The van der Waals surface area contributed by atoms with Gasteiger partial charge in [0, 0.05) is 12.7 Å². The second-order valence-corrected chi connectivity index (χ2v) is 3.99. The lowest BCUT2D eigenvalue weighted by atomic mass is 10.3. The first-order valence-corrected chi connectivity index (χ1v) is 5.60. The van der Waals surface area contributed by atoms with E-state index in [1.54, 1.807) is 12.1 Å². The number of nitrogens with one attached hydrogen (secondary N) is 1. The number of anilines is 1. The van der Waals surface area contributed by atoms with Gasteiger partial charge >= 0.3 is 0 Å². The van der Waals surface area contributed by atoms with Crippen LogP contribution in [0.2, 0.25) is 10.0 Å². The summed E-state index contributed by atoms with van der Waals surface area (Å²) in [5.74, 6) is 0.537. The molecule has 5 N–H and O–H groups in total. The lowest BCUT2D eigenvalue weighted by Crippen LogP contribution is -2.26. The summed E-state index contributed by atoms with van der Waals surface area (Å²) < 4.78 is 5.03. The molecule has 6 nitrogen and oxygen atoms in total. The van der Waals surface area contributed by atoms with E-state index >= 15 is 0 Å². The maximum Gasteiger partial charge on any atom is 0.218 e. The highest BCUT2D eigenvalue weighted by atomic mass is 35.5. The van der Waals surface area contributed by atoms with E-state index in [-0.39, 0.29) is 11.9 Å². The summed E-state index contributed by atoms with van der Waals surface area (Å²) in [6.07, 6.45) is 0. The standard InChI is InChI=1S/C10H13Cl2N5O/c1-15-9(13)17-10(14)16-5-3-6(11)8(18-2)7(12)4-5/h3-4H,1-2H3,(H5,13,14,15,16,17). The van der Waals surface area contributed by atoms with Crippen molar-refractivity contribution in [3.8, 4) is 5.75 Å². The predicted octanol–water partition coefficient (Wildman–Crippen LogP) is 1.67. The summed E-state index contributed by atoms with van der Waals surface area (Å²) in [6, 6.07) is 3.21. The van der Waals surface area contributed by atoms with Crippen LogP contribution in [0, 0.1) is 0 Å². The normalized spacial score (nSPS) is 12.4. The minimum absolute atomic E-state index is 0.0608. The zero-order valence-corrected chi connectivity index (χ0v) is 11.4. The van der Waals surface area contributed by atoms with E-state index in [9.17, 15) is 0 Å². The molecule has 0 amide bonds. The third kappa shape index (κ3) is 3.68. The summed E-state index contributed by atoms with van der Waals surface area (Å²) in [7, 11) is 2.99. The molecule has 0 aliphatic carbocycles. The van der Waals surface area contributed by atoms with E-state index in [0.717, 1.165) is 0 Å². The number of halogens is 2. The van der Waals surface area contributed by atoms with Crippen LogP contribution in [0.3, 0.4) is 0 Å². The molecule has 98 valence electrons. The third-order valence-electron chi connectivity index (χ3n) is 1.94. The second kappa shape index (κ2) is 6.32. The van der Waals surface area contributed by atoms with E-state index in [4.69, 9.17) is 39.4 Å². The first-order valence-electron chi connectivity index (χ1n) is 4.84. The number of rotatable bonds is 2. The van der Waals surface area contributed by atoms with E-state index in [2.05, 4.69) is 15.3 Å². The molecule has 0 atom stereocenters. The number of hydrogen-bond donors (Lipinski definition) is 3. The van der Waals surface area contributed by atoms with Crippen LogP contribution < -0.4 is 21.5 Å². The molecule has 1 aromatic rings. The van der Waals surface area contributed by atoms with Crippen LogP contribution in [0.5, 0.6) is 5.75 Å². The Kier molecular flexibility index (Phi) is 5.06. The molecule has 0 fully saturated rings. The number of guanidine groups is 2. The summed E-state index contributed by atoms with van der Waals surface area (Å²) in [5, 5.41) is 3.50. The molecular weight excluding hydrogens is 277 g/mol. The van der Waals surface area contributed by atoms with E-state index in [1.165, 1.54) is 14.2 Å². The minimum Gasteiger partial charge on any atom is -0.494 e. The zero-order chi connectivity index (χ0) is 13.7. The first kappa shape index (κ1) is 14.4. The fourth-order valence-electron chi connectivity index (χ4n) is 1.18. The minimum atomic E-state index is 0.0608. The van der Waals surface area contributed by atoms with Gasteiger partial charge in [0.15, 0.2) is 5.75 Å². The highest BCUT2D eigenvalue weighted by Crippen LogP contribution is 2.35. The van der Waals surface area contributed by atoms with Crippen LogP contribution in [0.4, 0.5) is 5.69 Å². The smallest absolute Gasteiger partial charge is 0.218 e. The first-order chi connectivity index (χ1) is 8.47. The Morgan fingerprint density at radius 2 is 1.83 bits per heavy atom. The molecule has 18 heavy (non-hydrogen) atoms. The fourth-order valence-corrected chi connectivity index (χ4v) is 1.82. The largest absolute Gasteiger partial charge is 0.494 e. The number of aliphatic imine (C=N–C) groups is 2. The Labute approximate surface area is 115 Å². The average Bonchev–Trinajstić information content (AvgIpc) is 2.28. The van der Waals surface area contributed by atoms with Gasteiger partial charge in [-0.1, -0.05) is 23.2 Å². The molecule has 0 heterocycles. The lowest BCUT2D eigenvalue weighted by molar-refractivity contribution is 0.415.